The molecule has 1 aromatic carbocycles. The number of benzene rings is 1. The highest BCUT2D eigenvalue weighted by molar-refractivity contribution is 5.79. The maximum Gasteiger partial charge on any atom is 0.191 e. The second kappa shape index (κ2) is 8.09. The van der Waals surface area contributed by atoms with Gasteiger partial charge < -0.3 is 15.4 Å². The van der Waals surface area contributed by atoms with Crippen LogP contribution in [0.2, 0.25) is 0 Å². The lowest BCUT2D eigenvalue weighted by Crippen LogP contribution is -2.38. The maximum absolute atomic E-state index is 8.70. The number of methoxy groups -OCH3 is 1. The SMILES string of the molecule is CN=C(NCCOC)NCc1ccc(C#N)cc1. The summed E-state index contributed by atoms with van der Waals surface area (Å²) >= 11 is 0. The van der Waals surface area contributed by atoms with Crippen molar-refractivity contribution in [3.8, 4) is 6.07 Å². The molecule has 5 heteroatoms. The molecule has 0 aromatic heterocycles. The minimum atomic E-state index is 0.636. The van der Waals surface area contributed by atoms with Crippen LogP contribution in [0.15, 0.2) is 29.3 Å². The molecule has 0 aliphatic heterocycles. The predicted octanol–water partition coefficient (Wildman–Crippen LogP) is 0.870. The molecular formula is C13H18N4O. The highest BCUT2D eigenvalue weighted by atomic mass is 16.5. The monoisotopic (exact) mass is 246 g/mol. The van der Waals surface area contributed by atoms with E-state index < -0.39 is 0 Å². The van der Waals surface area contributed by atoms with Crippen LogP contribution < -0.4 is 10.6 Å². The van der Waals surface area contributed by atoms with Crippen LogP contribution in [0.1, 0.15) is 11.1 Å². The van der Waals surface area contributed by atoms with E-state index in [1.807, 2.05) is 12.1 Å². The van der Waals surface area contributed by atoms with E-state index in [9.17, 15) is 0 Å². The summed E-state index contributed by atoms with van der Waals surface area (Å²) in [4.78, 5) is 4.10. The molecule has 0 atom stereocenters. The van der Waals surface area contributed by atoms with Crippen molar-refractivity contribution in [3.63, 3.8) is 0 Å². The fourth-order valence-electron chi connectivity index (χ4n) is 1.38. The summed E-state index contributed by atoms with van der Waals surface area (Å²) in [5.41, 5.74) is 1.77. The first-order valence-electron chi connectivity index (χ1n) is 5.72. The van der Waals surface area contributed by atoms with Crippen LogP contribution >= 0.6 is 0 Å². The van der Waals surface area contributed by atoms with Crippen molar-refractivity contribution in [2.45, 2.75) is 6.54 Å². The third kappa shape index (κ3) is 4.85. The molecule has 0 aliphatic rings. The van der Waals surface area contributed by atoms with Crippen molar-refractivity contribution in [2.24, 2.45) is 4.99 Å². The van der Waals surface area contributed by atoms with Crippen LogP contribution in [-0.2, 0) is 11.3 Å². The van der Waals surface area contributed by atoms with E-state index in [-0.39, 0.29) is 0 Å². The smallest absolute Gasteiger partial charge is 0.191 e. The second-order valence-electron chi connectivity index (χ2n) is 3.65. The maximum atomic E-state index is 8.70. The van der Waals surface area contributed by atoms with Gasteiger partial charge in [0.15, 0.2) is 5.96 Å². The average molecular weight is 246 g/mol. The lowest BCUT2D eigenvalue weighted by atomic mass is 10.1. The van der Waals surface area contributed by atoms with Crippen LogP contribution in [-0.4, -0.2) is 33.3 Å². The lowest BCUT2D eigenvalue weighted by molar-refractivity contribution is 0.203. The van der Waals surface area contributed by atoms with Gasteiger partial charge in [0.2, 0.25) is 0 Å². The van der Waals surface area contributed by atoms with Gasteiger partial charge in [-0.25, -0.2) is 0 Å². The molecule has 2 N–H and O–H groups in total. The van der Waals surface area contributed by atoms with Gasteiger partial charge >= 0.3 is 0 Å². The second-order valence-corrected chi connectivity index (χ2v) is 3.65. The van der Waals surface area contributed by atoms with E-state index in [2.05, 4.69) is 21.7 Å². The van der Waals surface area contributed by atoms with Gasteiger partial charge in [-0.1, -0.05) is 12.1 Å². The molecule has 0 saturated heterocycles. The molecule has 0 heterocycles. The number of aliphatic imine (C=N–C) groups is 1. The summed E-state index contributed by atoms with van der Waals surface area (Å²) < 4.78 is 4.95. The van der Waals surface area contributed by atoms with E-state index in [0.717, 1.165) is 11.5 Å². The molecule has 0 radical (unpaired) electrons. The average Bonchev–Trinajstić information content (AvgIpc) is 2.43. The Kier molecular flexibility index (Phi) is 6.30. The quantitative estimate of drug-likeness (QED) is 0.459. The van der Waals surface area contributed by atoms with Crippen molar-refractivity contribution in [3.05, 3.63) is 35.4 Å². The van der Waals surface area contributed by atoms with Crippen molar-refractivity contribution in [1.82, 2.24) is 10.6 Å². The summed E-state index contributed by atoms with van der Waals surface area (Å²) in [6.07, 6.45) is 0. The summed E-state index contributed by atoms with van der Waals surface area (Å²) in [5, 5.41) is 15.0. The zero-order valence-electron chi connectivity index (χ0n) is 10.7. The lowest BCUT2D eigenvalue weighted by Gasteiger charge is -2.11. The molecule has 0 fully saturated rings. The normalized spacial score (nSPS) is 10.8. The number of hydrogen-bond acceptors (Lipinski definition) is 3. The third-order valence-corrected chi connectivity index (χ3v) is 2.37. The van der Waals surface area contributed by atoms with Gasteiger partial charge in [0.05, 0.1) is 18.2 Å². The van der Waals surface area contributed by atoms with Crippen molar-refractivity contribution >= 4 is 5.96 Å². The number of ether oxygens (including phenoxy) is 1. The first-order valence-corrected chi connectivity index (χ1v) is 5.72. The molecule has 0 spiro atoms. The Labute approximate surface area is 107 Å². The highest BCUT2D eigenvalue weighted by Crippen LogP contribution is 2.02. The Bertz CT molecular complexity index is 420. The van der Waals surface area contributed by atoms with E-state index in [0.29, 0.717) is 25.3 Å². The summed E-state index contributed by atoms with van der Waals surface area (Å²) in [5.74, 6) is 0.733. The van der Waals surface area contributed by atoms with E-state index in [4.69, 9.17) is 10.00 Å². The first-order chi connectivity index (χ1) is 8.80. The molecule has 1 aromatic rings. The van der Waals surface area contributed by atoms with E-state index in [1.54, 1.807) is 26.3 Å². The van der Waals surface area contributed by atoms with Gasteiger partial charge in [0.25, 0.3) is 0 Å². The fourth-order valence-corrected chi connectivity index (χ4v) is 1.38. The van der Waals surface area contributed by atoms with Gasteiger partial charge in [0.1, 0.15) is 0 Å². The molecular weight excluding hydrogens is 228 g/mol. The Morgan fingerprint density at radius 3 is 2.61 bits per heavy atom. The summed E-state index contributed by atoms with van der Waals surface area (Å²) in [6.45, 7) is 2.01. The molecule has 1 rings (SSSR count). The third-order valence-electron chi connectivity index (χ3n) is 2.37. The standard InChI is InChI=1S/C13H18N4O/c1-15-13(16-7-8-18-2)17-10-12-5-3-11(9-14)4-6-12/h3-6H,7-8,10H2,1-2H3,(H2,15,16,17). The molecule has 5 nitrogen and oxygen atoms in total. The number of guanidine groups is 1. The van der Waals surface area contributed by atoms with Crippen LogP contribution in [0.25, 0.3) is 0 Å². The Morgan fingerprint density at radius 2 is 2.06 bits per heavy atom. The molecule has 0 amide bonds. The number of nitriles is 1. The minimum Gasteiger partial charge on any atom is -0.383 e. The molecule has 0 saturated carbocycles. The Balaban J connectivity index is 2.40. The molecule has 18 heavy (non-hydrogen) atoms. The summed E-state index contributed by atoms with van der Waals surface area (Å²) in [6, 6.07) is 9.55. The summed E-state index contributed by atoms with van der Waals surface area (Å²) in [7, 11) is 3.38. The van der Waals surface area contributed by atoms with Crippen LogP contribution in [0.5, 0.6) is 0 Å². The largest absolute Gasteiger partial charge is 0.383 e. The minimum absolute atomic E-state index is 0.636. The number of nitrogens with zero attached hydrogens (tertiary/aromatic N) is 2. The zero-order valence-corrected chi connectivity index (χ0v) is 10.7. The number of rotatable bonds is 5. The van der Waals surface area contributed by atoms with Gasteiger partial charge in [-0.05, 0) is 17.7 Å². The van der Waals surface area contributed by atoms with Gasteiger partial charge in [-0.2, -0.15) is 5.26 Å². The van der Waals surface area contributed by atoms with Crippen LogP contribution in [0.3, 0.4) is 0 Å². The van der Waals surface area contributed by atoms with Gasteiger partial charge in [-0.15, -0.1) is 0 Å². The van der Waals surface area contributed by atoms with E-state index >= 15 is 0 Å². The van der Waals surface area contributed by atoms with Crippen LogP contribution in [0, 0.1) is 11.3 Å². The molecule has 0 aliphatic carbocycles. The zero-order chi connectivity index (χ0) is 13.2. The predicted molar refractivity (Wildman–Crippen MR) is 71.2 cm³/mol. The van der Waals surface area contributed by atoms with Crippen LogP contribution in [0.4, 0.5) is 0 Å². The molecule has 0 unspecified atom stereocenters. The topological polar surface area (TPSA) is 69.4 Å². The van der Waals surface area contributed by atoms with Gasteiger partial charge in [-0.3, -0.25) is 4.99 Å². The fraction of sp³-hybridized carbons (Fsp3) is 0.385. The molecule has 0 bridgehead atoms. The Hall–Kier alpha value is -2.06. The number of hydrogen-bond donors (Lipinski definition) is 2. The van der Waals surface area contributed by atoms with E-state index in [1.165, 1.54) is 0 Å². The Morgan fingerprint density at radius 1 is 1.33 bits per heavy atom. The van der Waals surface area contributed by atoms with Crippen molar-refractivity contribution < 1.29 is 4.74 Å². The number of nitrogens with one attached hydrogen (secondary N) is 2. The van der Waals surface area contributed by atoms with Gasteiger partial charge in [0, 0.05) is 27.2 Å². The van der Waals surface area contributed by atoms with Crippen molar-refractivity contribution in [1.29, 1.82) is 5.26 Å². The highest BCUT2D eigenvalue weighted by Gasteiger charge is 1.98. The van der Waals surface area contributed by atoms with Crippen molar-refractivity contribution in [2.75, 3.05) is 27.3 Å². The molecule has 96 valence electrons. The first kappa shape index (κ1) is 14.0.